The molecule has 1 aromatic carbocycles. The van der Waals surface area contributed by atoms with E-state index in [4.69, 9.17) is 12.8 Å². The van der Waals surface area contributed by atoms with E-state index in [0.717, 1.165) is 29.9 Å². The molecule has 1 N–H and O–H groups in total. The molecule has 1 unspecified atom stereocenters. The van der Waals surface area contributed by atoms with Crippen LogP contribution in [0.5, 0.6) is 0 Å². The van der Waals surface area contributed by atoms with Crippen LogP contribution >= 0.6 is 0 Å². The second-order valence-corrected chi connectivity index (χ2v) is 11.3. The molecular formula is C26H27BN6O3S. The normalized spacial score (nSPS) is 16.1. The summed E-state index contributed by atoms with van der Waals surface area (Å²) in [5.41, 5.74) is 2.88. The predicted molar refractivity (Wildman–Crippen MR) is 142 cm³/mol. The molecule has 1 amide bonds. The van der Waals surface area contributed by atoms with E-state index in [-0.39, 0.29) is 28.9 Å². The Morgan fingerprint density at radius 1 is 1.14 bits per heavy atom. The highest BCUT2D eigenvalue weighted by atomic mass is 32.2. The molecular weight excluding hydrogens is 487 g/mol. The van der Waals surface area contributed by atoms with Crippen molar-refractivity contribution in [2.45, 2.75) is 36.6 Å². The average molecular weight is 514 g/mol. The van der Waals surface area contributed by atoms with Crippen LogP contribution in [0.4, 0.5) is 5.82 Å². The Balaban J connectivity index is 1.30. The number of fused-ring (bicyclic) bond motifs is 1. The number of hydrogen-bond donors (Lipinski definition) is 1. The molecule has 3 aromatic heterocycles. The molecule has 5 rings (SSSR count). The van der Waals surface area contributed by atoms with Gasteiger partial charge in [-0.25, -0.2) is 13.4 Å². The van der Waals surface area contributed by atoms with Crippen molar-refractivity contribution < 1.29 is 13.2 Å². The third kappa shape index (κ3) is 5.66. The Hall–Kier alpha value is -3.73. The molecule has 1 fully saturated rings. The maximum atomic E-state index is 13.0. The Morgan fingerprint density at radius 3 is 2.76 bits per heavy atom. The van der Waals surface area contributed by atoms with Crippen molar-refractivity contribution in [3.8, 4) is 0 Å². The molecule has 37 heavy (non-hydrogen) atoms. The topological polar surface area (TPSA) is 110 Å². The lowest BCUT2D eigenvalue weighted by Crippen LogP contribution is -2.40. The van der Waals surface area contributed by atoms with Crippen LogP contribution in [0.15, 0.2) is 72.0 Å². The first-order valence-electron chi connectivity index (χ1n) is 12.2. The van der Waals surface area contributed by atoms with Crippen molar-refractivity contribution in [1.29, 1.82) is 0 Å². The monoisotopic (exact) mass is 514 g/mol. The number of carbonyl (C=O) groups is 1. The molecule has 1 aliphatic rings. The van der Waals surface area contributed by atoms with Gasteiger partial charge in [0.2, 0.25) is 5.91 Å². The molecule has 2 radical (unpaired) electrons. The Kier molecular flexibility index (Phi) is 7.23. The molecule has 9 nitrogen and oxygen atoms in total. The van der Waals surface area contributed by atoms with Gasteiger partial charge in [-0.15, -0.1) is 0 Å². The van der Waals surface area contributed by atoms with Gasteiger partial charge < -0.3 is 10.2 Å². The Bertz CT molecular complexity index is 1500. The van der Waals surface area contributed by atoms with Crippen LogP contribution in [0.1, 0.15) is 36.4 Å². The Morgan fingerprint density at radius 2 is 1.97 bits per heavy atom. The van der Waals surface area contributed by atoms with E-state index in [1.165, 1.54) is 0 Å². The third-order valence-corrected chi connectivity index (χ3v) is 8.33. The summed E-state index contributed by atoms with van der Waals surface area (Å²) in [5.74, 6) is 0.374. The van der Waals surface area contributed by atoms with E-state index in [9.17, 15) is 13.2 Å². The summed E-state index contributed by atoms with van der Waals surface area (Å²) in [6, 6.07) is 14.1. The predicted octanol–water partition coefficient (Wildman–Crippen LogP) is 2.10. The molecule has 4 aromatic rings. The van der Waals surface area contributed by atoms with Crippen molar-refractivity contribution >= 4 is 40.5 Å². The summed E-state index contributed by atoms with van der Waals surface area (Å²) < 4.78 is 26.9. The summed E-state index contributed by atoms with van der Waals surface area (Å²) in [6.45, 7) is 1.63. The van der Waals surface area contributed by atoms with Gasteiger partial charge in [0.25, 0.3) is 0 Å². The van der Waals surface area contributed by atoms with Gasteiger partial charge in [0.05, 0.1) is 16.3 Å². The number of carbonyl (C=O) groups excluding carboxylic acids is 1. The van der Waals surface area contributed by atoms with Gasteiger partial charge in [-0.2, -0.15) is 9.61 Å². The van der Waals surface area contributed by atoms with Crippen molar-refractivity contribution in [2.75, 3.05) is 24.2 Å². The Labute approximate surface area is 217 Å². The van der Waals surface area contributed by atoms with Gasteiger partial charge >= 0.3 is 0 Å². The number of anilines is 1. The van der Waals surface area contributed by atoms with E-state index in [1.807, 2.05) is 18.2 Å². The molecule has 11 heteroatoms. The summed E-state index contributed by atoms with van der Waals surface area (Å²) in [7, 11) is 2.64. The molecule has 188 valence electrons. The van der Waals surface area contributed by atoms with Gasteiger partial charge in [-0.1, -0.05) is 24.3 Å². The number of rotatable bonds is 8. The highest BCUT2D eigenvalue weighted by molar-refractivity contribution is 7.91. The van der Waals surface area contributed by atoms with Crippen molar-refractivity contribution in [3.63, 3.8) is 0 Å². The largest absolute Gasteiger partial charge is 0.366 e. The highest BCUT2D eigenvalue weighted by Gasteiger charge is 2.28. The number of hydrogen-bond acceptors (Lipinski definition) is 7. The lowest BCUT2D eigenvalue weighted by Gasteiger charge is -2.33. The zero-order valence-corrected chi connectivity index (χ0v) is 21.1. The lowest BCUT2D eigenvalue weighted by molar-refractivity contribution is -0.132. The fourth-order valence-corrected chi connectivity index (χ4v) is 5.85. The number of pyridine rings is 1. The number of benzene rings is 1. The van der Waals surface area contributed by atoms with E-state index >= 15 is 0 Å². The van der Waals surface area contributed by atoms with E-state index < -0.39 is 9.84 Å². The van der Waals surface area contributed by atoms with Crippen molar-refractivity contribution in [1.82, 2.24) is 24.5 Å². The van der Waals surface area contributed by atoms with Crippen LogP contribution in [0.2, 0.25) is 0 Å². The summed E-state index contributed by atoms with van der Waals surface area (Å²) in [5, 5.41) is 7.76. The lowest BCUT2D eigenvalue weighted by atomic mass is 9.93. The fourth-order valence-electron chi connectivity index (χ4n) is 4.60. The minimum absolute atomic E-state index is 0.00155. The van der Waals surface area contributed by atoms with Gasteiger partial charge in [0, 0.05) is 56.6 Å². The standard InChI is InChI=1S/C26H27BN6O3S/c27-22-17-30-33-24(29-16-19-6-4-11-28-15-19)14-23(31-26(22)33)20-7-5-12-32(18-20)25(34)10-13-37(35,36)21-8-2-1-3-9-21/h1-4,6,8-9,11,14-15,17,20,29H,5,7,10,12-13,16,18H2. The first kappa shape index (κ1) is 24.9. The number of aromatic nitrogens is 4. The molecule has 0 bridgehead atoms. The summed E-state index contributed by atoms with van der Waals surface area (Å²) >= 11 is 0. The first-order valence-corrected chi connectivity index (χ1v) is 13.9. The molecule has 0 spiro atoms. The minimum Gasteiger partial charge on any atom is -0.366 e. The second-order valence-electron chi connectivity index (χ2n) is 9.18. The van der Waals surface area contributed by atoms with Crippen LogP contribution in [0.25, 0.3) is 5.65 Å². The number of nitrogens with zero attached hydrogens (tertiary/aromatic N) is 5. The van der Waals surface area contributed by atoms with Gasteiger partial charge in [-0.05, 0) is 42.1 Å². The number of likely N-dealkylation sites (tertiary alicyclic amines) is 1. The highest BCUT2D eigenvalue weighted by Crippen LogP contribution is 2.28. The number of piperidine rings is 1. The molecule has 1 aliphatic heterocycles. The SMILES string of the molecule is [B]c1cnn2c(NCc3cccnc3)cc(C3CCCN(C(=O)CCS(=O)(=O)c4ccccc4)C3)nc12. The van der Waals surface area contributed by atoms with Crippen LogP contribution in [0.3, 0.4) is 0 Å². The zero-order chi connectivity index (χ0) is 25.8. The van der Waals surface area contributed by atoms with E-state index in [0.29, 0.717) is 30.7 Å². The van der Waals surface area contributed by atoms with Crippen LogP contribution < -0.4 is 10.8 Å². The van der Waals surface area contributed by atoms with Crippen molar-refractivity contribution in [3.05, 3.63) is 78.4 Å². The van der Waals surface area contributed by atoms with Crippen LogP contribution in [-0.2, 0) is 21.2 Å². The number of sulfone groups is 1. The van der Waals surface area contributed by atoms with Gasteiger partial charge in [0.15, 0.2) is 15.5 Å². The first-order chi connectivity index (χ1) is 17.9. The third-order valence-electron chi connectivity index (χ3n) is 6.59. The summed E-state index contributed by atoms with van der Waals surface area (Å²) in [6.07, 6.45) is 6.72. The smallest absolute Gasteiger partial charge is 0.223 e. The molecule has 1 saturated heterocycles. The number of amides is 1. The fraction of sp³-hybridized carbons (Fsp3) is 0.308. The van der Waals surface area contributed by atoms with E-state index in [1.54, 1.807) is 58.3 Å². The maximum absolute atomic E-state index is 13.0. The van der Waals surface area contributed by atoms with Crippen LogP contribution in [0, 0.1) is 0 Å². The van der Waals surface area contributed by atoms with Crippen molar-refractivity contribution in [2.24, 2.45) is 0 Å². The van der Waals surface area contributed by atoms with Gasteiger partial charge in [-0.3, -0.25) is 9.78 Å². The van der Waals surface area contributed by atoms with Crippen LogP contribution in [-0.4, -0.2) is 65.5 Å². The van der Waals surface area contributed by atoms with E-state index in [2.05, 4.69) is 15.4 Å². The quantitative estimate of drug-likeness (QED) is 0.359. The summed E-state index contributed by atoms with van der Waals surface area (Å²) in [4.78, 5) is 23.9. The molecule has 0 saturated carbocycles. The average Bonchev–Trinajstić information content (AvgIpc) is 3.32. The maximum Gasteiger partial charge on any atom is 0.223 e. The minimum atomic E-state index is -3.51. The molecule has 4 heterocycles. The number of nitrogens with one attached hydrogen (secondary N) is 1. The second kappa shape index (κ2) is 10.7. The molecule has 1 atom stereocenters. The zero-order valence-electron chi connectivity index (χ0n) is 20.3. The molecule has 0 aliphatic carbocycles. The van der Waals surface area contributed by atoms with Gasteiger partial charge in [0.1, 0.15) is 13.7 Å².